The lowest BCUT2D eigenvalue weighted by atomic mass is 9.40. The average molecular weight is 662 g/mol. The minimum atomic E-state index is -0.434. The molecule has 49 heavy (non-hydrogen) atoms. The van der Waals surface area contributed by atoms with Crippen molar-refractivity contribution in [1.82, 2.24) is 4.57 Å². The zero-order chi connectivity index (χ0) is 35.2. The van der Waals surface area contributed by atoms with Gasteiger partial charge in [0.2, 0.25) is 0 Å². The number of aromatic nitrogens is 1. The SMILES string of the molecule is C=C(C)[C@H]1Cc2c3c(cc4c5c(n1c24)[C@@]1(C)[C@@H](CCC2[C@](C)(/C=C/C=C(\C)C(=O)OC)[C@@H](O)CC[C@@]21C)C5)C1=CC(C)(C)OC(C)(C)C1=C3. The Bertz CT molecular complexity index is 1980. The number of rotatable bonds is 4. The van der Waals surface area contributed by atoms with Gasteiger partial charge >= 0.3 is 5.97 Å². The average Bonchev–Trinajstić information content (AvgIpc) is 3.75. The van der Waals surface area contributed by atoms with E-state index in [9.17, 15) is 9.90 Å². The van der Waals surface area contributed by atoms with Gasteiger partial charge in [0.1, 0.15) is 0 Å². The molecule has 4 aliphatic carbocycles. The first-order valence-corrected chi connectivity index (χ1v) is 18.6. The lowest BCUT2D eigenvalue weighted by molar-refractivity contribution is -0.145. The van der Waals surface area contributed by atoms with E-state index in [1.807, 2.05) is 12.2 Å². The molecule has 0 spiro atoms. The molecular formula is C44H55NO4. The highest BCUT2D eigenvalue weighted by Gasteiger charge is 2.67. The van der Waals surface area contributed by atoms with Gasteiger partial charge in [-0.3, -0.25) is 0 Å². The third-order valence-corrected chi connectivity index (χ3v) is 14.6. The second kappa shape index (κ2) is 10.2. The Labute approximate surface area is 292 Å². The Morgan fingerprint density at radius 1 is 1.06 bits per heavy atom. The van der Waals surface area contributed by atoms with Crippen molar-refractivity contribution in [3.63, 3.8) is 0 Å². The van der Waals surface area contributed by atoms with Crippen LogP contribution < -0.4 is 0 Å². The summed E-state index contributed by atoms with van der Waals surface area (Å²) >= 11 is 0. The van der Waals surface area contributed by atoms with Gasteiger partial charge in [-0.25, -0.2) is 4.79 Å². The number of hydrogen-bond acceptors (Lipinski definition) is 4. The second-order valence-corrected chi connectivity index (χ2v) is 18.1. The number of esters is 1. The van der Waals surface area contributed by atoms with Crippen LogP contribution in [0.5, 0.6) is 0 Å². The molecule has 1 N–H and O–H groups in total. The third kappa shape index (κ3) is 4.15. The van der Waals surface area contributed by atoms with Crippen LogP contribution in [0.15, 0.2) is 53.7 Å². The molecule has 6 aliphatic rings. The molecule has 5 heteroatoms. The molecule has 2 aliphatic heterocycles. The fraction of sp³-hybridized carbons (Fsp3) is 0.568. The lowest BCUT2D eigenvalue weighted by Crippen LogP contribution is -2.62. The summed E-state index contributed by atoms with van der Waals surface area (Å²) in [5.74, 6) is 0.522. The highest BCUT2D eigenvalue weighted by molar-refractivity contribution is 6.05. The van der Waals surface area contributed by atoms with Gasteiger partial charge in [0.05, 0.1) is 36.0 Å². The van der Waals surface area contributed by atoms with Gasteiger partial charge < -0.3 is 19.1 Å². The second-order valence-electron chi connectivity index (χ2n) is 18.1. The minimum Gasteiger partial charge on any atom is -0.466 e. The van der Waals surface area contributed by atoms with Crippen molar-refractivity contribution in [1.29, 1.82) is 0 Å². The molecule has 8 rings (SSSR count). The number of ether oxygens (including phenoxy) is 2. The zero-order valence-electron chi connectivity index (χ0n) is 31.3. The molecule has 3 heterocycles. The summed E-state index contributed by atoms with van der Waals surface area (Å²) < 4.78 is 14.3. The van der Waals surface area contributed by atoms with Crippen molar-refractivity contribution in [2.45, 2.75) is 130 Å². The van der Waals surface area contributed by atoms with Crippen LogP contribution in [-0.4, -0.2) is 40.1 Å². The number of aliphatic hydroxyl groups is 1. The molecule has 1 unspecified atom stereocenters. The monoisotopic (exact) mass is 661 g/mol. The Hall–Kier alpha value is -3.15. The summed E-state index contributed by atoms with van der Waals surface area (Å²) in [6, 6.07) is 2.78. The molecule has 0 bridgehead atoms. The maximum Gasteiger partial charge on any atom is 0.333 e. The molecular weight excluding hydrogens is 606 g/mol. The van der Waals surface area contributed by atoms with Gasteiger partial charge in [-0.15, -0.1) is 0 Å². The van der Waals surface area contributed by atoms with Crippen molar-refractivity contribution in [2.24, 2.45) is 22.7 Å². The Balaban J connectivity index is 1.32. The predicted molar refractivity (Wildman–Crippen MR) is 198 cm³/mol. The zero-order valence-corrected chi connectivity index (χ0v) is 31.3. The van der Waals surface area contributed by atoms with Crippen LogP contribution in [0.25, 0.3) is 22.6 Å². The van der Waals surface area contributed by atoms with E-state index in [2.05, 4.69) is 90.8 Å². The number of methoxy groups -OCH3 is 1. The first kappa shape index (κ1) is 33.0. The van der Waals surface area contributed by atoms with Crippen molar-refractivity contribution < 1.29 is 19.4 Å². The highest BCUT2D eigenvalue weighted by Crippen LogP contribution is 2.71. The summed E-state index contributed by atoms with van der Waals surface area (Å²) in [6.45, 7) is 24.8. The maximum absolute atomic E-state index is 12.1. The summed E-state index contributed by atoms with van der Waals surface area (Å²) in [5, 5.41) is 13.2. The molecule has 2 saturated carbocycles. The molecule has 2 aromatic rings. The molecule has 2 fully saturated rings. The van der Waals surface area contributed by atoms with E-state index in [0.29, 0.717) is 17.4 Å². The first-order chi connectivity index (χ1) is 22.9. The lowest BCUT2D eigenvalue weighted by Gasteiger charge is -2.64. The van der Waals surface area contributed by atoms with E-state index >= 15 is 0 Å². The summed E-state index contributed by atoms with van der Waals surface area (Å²) in [6.07, 6.45) is 16.5. The van der Waals surface area contributed by atoms with Crippen LogP contribution in [0.4, 0.5) is 0 Å². The smallest absolute Gasteiger partial charge is 0.333 e. The molecule has 5 nitrogen and oxygen atoms in total. The van der Waals surface area contributed by atoms with E-state index in [0.717, 1.165) is 38.5 Å². The van der Waals surface area contributed by atoms with E-state index in [4.69, 9.17) is 9.47 Å². The number of nitrogens with zero attached hydrogens (tertiary/aromatic N) is 1. The van der Waals surface area contributed by atoms with Gasteiger partial charge in [0.25, 0.3) is 0 Å². The number of hydrogen-bond donors (Lipinski definition) is 1. The molecule has 7 atom stereocenters. The number of allylic oxidation sites excluding steroid dienone is 3. The van der Waals surface area contributed by atoms with Crippen molar-refractivity contribution in [3.05, 3.63) is 81.6 Å². The van der Waals surface area contributed by atoms with Gasteiger partial charge in [-0.2, -0.15) is 0 Å². The summed E-state index contributed by atoms with van der Waals surface area (Å²) in [4.78, 5) is 12.1. The molecule has 0 saturated heterocycles. The Kier molecular flexibility index (Phi) is 6.89. The molecule has 0 radical (unpaired) electrons. The maximum atomic E-state index is 12.1. The quantitative estimate of drug-likeness (QED) is 0.154. The highest BCUT2D eigenvalue weighted by atomic mass is 16.5. The fourth-order valence-electron chi connectivity index (χ4n) is 12.2. The molecule has 1 aromatic heterocycles. The number of aliphatic hydroxyl groups excluding tert-OH is 1. The van der Waals surface area contributed by atoms with Gasteiger partial charge in [0, 0.05) is 27.5 Å². The van der Waals surface area contributed by atoms with Crippen molar-refractivity contribution >= 4 is 28.5 Å². The van der Waals surface area contributed by atoms with Gasteiger partial charge in [0.15, 0.2) is 0 Å². The van der Waals surface area contributed by atoms with Crippen molar-refractivity contribution in [2.75, 3.05) is 7.11 Å². The van der Waals surface area contributed by atoms with Crippen molar-refractivity contribution in [3.8, 4) is 0 Å². The normalized spacial score (nSPS) is 36.5. The largest absolute Gasteiger partial charge is 0.466 e. The Morgan fingerprint density at radius 3 is 2.49 bits per heavy atom. The minimum absolute atomic E-state index is 0.0239. The standard InChI is InChI=1S/C44H55NO4/c1-24(2)34-22-30-28-21-33-32(23-40(4,5)49-41(33,6)7)27(28)20-29-31-19-26-14-15-35-42(8,17-12-13-25(3)39(47)48-11)36(46)16-18-43(35,9)44(26,10)38(31)45(34)37(29)30/h12-13,17,20-21,23,26,34-36,46H,1,14-16,18-19,22H2,2-11H3/b17-12+,25-13+/t26-,34+,35?,36-,42-,43-,44+/m0/s1. The van der Waals surface area contributed by atoms with Crippen LogP contribution in [0.1, 0.15) is 122 Å². The van der Waals surface area contributed by atoms with Gasteiger partial charge in [-0.1, -0.05) is 51.2 Å². The third-order valence-electron chi connectivity index (χ3n) is 14.6. The van der Waals surface area contributed by atoms with E-state index in [-0.39, 0.29) is 34.0 Å². The Morgan fingerprint density at radius 2 is 1.80 bits per heavy atom. The van der Waals surface area contributed by atoms with E-state index in [1.54, 1.807) is 18.2 Å². The van der Waals surface area contributed by atoms with Crippen LogP contribution in [-0.2, 0) is 32.5 Å². The summed E-state index contributed by atoms with van der Waals surface area (Å²) in [5.41, 5.74) is 12.0. The van der Waals surface area contributed by atoms with Gasteiger partial charge in [-0.05, 0) is 149 Å². The van der Waals surface area contributed by atoms with Crippen LogP contribution in [0.3, 0.4) is 0 Å². The van der Waals surface area contributed by atoms with E-state index in [1.165, 1.54) is 51.4 Å². The number of fused-ring (bicyclic) bond motifs is 11. The number of carbonyl (C=O) groups excluding carboxylic acids is 1. The molecule has 260 valence electrons. The van der Waals surface area contributed by atoms with E-state index < -0.39 is 11.5 Å². The van der Waals surface area contributed by atoms with Crippen LogP contribution in [0, 0.1) is 22.7 Å². The first-order valence-electron chi connectivity index (χ1n) is 18.6. The number of carbonyl (C=O) groups is 1. The number of benzene rings is 1. The predicted octanol–water partition coefficient (Wildman–Crippen LogP) is 9.37. The molecule has 0 amide bonds. The van der Waals surface area contributed by atoms with Crippen LogP contribution >= 0.6 is 0 Å². The summed E-state index contributed by atoms with van der Waals surface area (Å²) in [7, 11) is 1.42. The van der Waals surface area contributed by atoms with Crippen LogP contribution in [0.2, 0.25) is 0 Å². The topological polar surface area (TPSA) is 60.7 Å². The fourth-order valence-corrected chi connectivity index (χ4v) is 12.2. The molecule has 1 aromatic carbocycles.